The van der Waals surface area contributed by atoms with E-state index in [9.17, 15) is 9.59 Å². The third-order valence-corrected chi connectivity index (χ3v) is 3.11. The molecule has 0 bridgehead atoms. The maximum absolute atomic E-state index is 11.7. The molecule has 0 unspecified atom stereocenters. The number of hydrogen-bond acceptors (Lipinski definition) is 2. The van der Waals surface area contributed by atoms with E-state index in [4.69, 9.17) is 5.11 Å². The molecule has 0 atom stereocenters. The number of carbonyl (C=O) groups excluding carboxylic acids is 1. The summed E-state index contributed by atoms with van der Waals surface area (Å²) in [6, 6.07) is 0. The first-order valence-corrected chi connectivity index (χ1v) is 5.65. The predicted octanol–water partition coefficient (Wildman–Crippen LogP) is 2.04. The normalized spacial score (nSPS) is 12.3. The van der Waals surface area contributed by atoms with E-state index in [1.54, 1.807) is 13.8 Å². The maximum atomic E-state index is 11.7. The van der Waals surface area contributed by atoms with Gasteiger partial charge in [-0.15, -0.1) is 0 Å². The van der Waals surface area contributed by atoms with Crippen LogP contribution in [0.5, 0.6) is 0 Å². The molecule has 4 heteroatoms. The van der Waals surface area contributed by atoms with Crippen molar-refractivity contribution in [1.82, 2.24) is 5.32 Å². The standard InChI is InChI=1S/C12H23NO3/c1-6-11(2,3)9(14)13-8-7-12(4,5)10(15)16/h6-8H2,1-5H3,(H,13,14)(H,15,16). The van der Waals surface area contributed by atoms with Crippen LogP contribution in [0.25, 0.3) is 0 Å². The summed E-state index contributed by atoms with van der Waals surface area (Å²) in [6.07, 6.45) is 1.20. The van der Waals surface area contributed by atoms with Gasteiger partial charge >= 0.3 is 5.97 Å². The lowest BCUT2D eigenvalue weighted by Crippen LogP contribution is -2.39. The highest BCUT2D eigenvalue weighted by atomic mass is 16.4. The Bertz CT molecular complexity index is 269. The molecule has 0 saturated heterocycles. The van der Waals surface area contributed by atoms with Gasteiger partial charge in [0, 0.05) is 12.0 Å². The van der Waals surface area contributed by atoms with Gasteiger partial charge in [0.1, 0.15) is 0 Å². The molecular formula is C12H23NO3. The van der Waals surface area contributed by atoms with Crippen LogP contribution in [0.4, 0.5) is 0 Å². The molecule has 0 aliphatic heterocycles. The van der Waals surface area contributed by atoms with E-state index < -0.39 is 11.4 Å². The second-order valence-electron chi connectivity index (χ2n) is 5.43. The van der Waals surface area contributed by atoms with Gasteiger partial charge in [-0.1, -0.05) is 20.8 Å². The fraction of sp³-hybridized carbons (Fsp3) is 0.833. The average Bonchev–Trinajstić information content (AvgIpc) is 2.17. The first-order valence-electron chi connectivity index (χ1n) is 5.65. The Morgan fingerprint density at radius 3 is 2.00 bits per heavy atom. The van der Waals surface area contributed by atoms with E-state index in [0.29, 0.717) is 13.0 Å². The third-order valence-electron chi connectivity index (χ3n) is 3.11. The van der Waals surface area contributed by atoms with Crippen molar-refractivity contribution in [3.8, 4) is 0 Å². The summed E-state index contributed by atoms with van der Waals surface area (Å²) >= 11 is 0. The molecule has 0 spiro atoms. The number of carboxylic acids is 1. The van der Waals surface area contributed by atoms with Crippen LogP contribution in [0.15, 0.2) is 0 Å². The average molecular weight is 229 g/mol. The topological polar surface area (TPSA) is 66.4 Å². The number of nitrogens with one attached hydrogen (secondary N) is 1. The smallest absolute Gasteiger partial charge is 0.309 e. The van der Waals surface area contributed by atoms with Crippen molar-refractivity contribution in [1.29, 1.82) is 0 Å². The first-order chi connectivity index (χ1) is 7.13. The maximum Gasteiger partial charge on any atom is 0.309 e. The van der Waals surface area contributed by atoms with Crippen LogP contribution in [0.1, 0.15) is 47.5 Å². The van der Waals surface area contributed by atoms with Crippen LogP contribution >= 0.6 is 0 Å². The zero-order valence-electron chi connectivity index (χ0n) is 10.9. The Balaban J connectivity index is 4.10. The molecule has 0 saturated carbocycles. The lowest BCUT2D eigenvalue weighted by molar-refractivity contribution is -0.147. The van der Waals surface area contributed by atoms with E-state index in [2.05, 4.69) is 5.32 Å². The summed E-state index contributed by atoms with van der Waals surface area (Å²) in [7, 11) is 0. The van der Waals surface area contributed by atoms with E-state index in [1.807, 2.05) is 20.8 Å². The Morgan fingerprint density at radius 2 is 1.62 bits per heavy atom. The number of carboxylic acid groups (broad SMARTS) is 1. The number of hydrogen-bond donors (Lipinski definition) is 2. The fourth-order valence-electron chi connectivity index (χ4n) is 0.995. The van der Waals surface area contributed by atoms with Gasteiger partial charge in [0.25, 0.3) is 0 Å². The first kappa shape index (κ1) is 14.9. The molecule has 94 valence electrons. The van der Waals surface area contributed by atoms with Crippen molar-refractivity contribution >= 4 is 11.9 Å². The van der Waals surface area contributed by atoms with Gasteiger partial charge in [-0.25, -0.2) is 0 Å². The van der Waals surface area contributed by atoms with Crippen LogP contribution in [-0.4, -0.2) is 23.5 Å². The SMILES string of the molecule is CCC(C)(C)C(=O)NCCC(C)(C)C(=O)O. The summed E-state index contributed by atoms with van der Waals surface area (Å²) in [4.78, 5) is 22.5. The van der Waals surface area contributed by atoms with Gasteiger partial charge in [0.05, 0.1) is 5.41 Å². The minimum atomic E-state index is -0.837. The Kier molecular flexibility index (Phi) is 4.97. The quantitative estimate of drug-likeness (QED) is 0.732. The molecule has 0 aliphatic carbocycles. The Morgan fingerprint density at radius 1 is 1.12 bits per heavy atom. The molecule has 0 aromatic heterocycles. The lowest BCUT2D eigenvalue weighted by Gasteiger charge is -2.24. The Labute approximate surface area is 97.4 Å². The zero-order valence-corrected chi connectivity index (χ0v) is 10.9. The summed E-state index contributed by atoms with van der Waals surface area (Å²) in [5, 5.41) is 11.7. The summed E-state index contributed by atoms with van der Waals surface area (Å²) in [5.74, 6) is -0.854. The summed E-state index contributed by atoms with van der Waals surface area (Å²) in [6.45, 7) is 9.44. The fourth-order valence-corrected chi connectivity index (χ4v) is 0.995. The molecule has 0 heterocycles. The minimum Gasteiger partial charge on any atom is -0.481 e. The van der Waals surface area contributed by atoms with Crippen molar-refractivity contribution in [3.05, 3.63) is 0 Å². The third kappa shape index (κ3) is 4.21. The molecule has 16 heavy (non-hydrogen) atoms. The molecule has 2 N–H and O–H groups in total. The van der Waals surface area contributed by atoms with Crippen molar-refractivity contribution < 1.29 is 14.7 Å². The highest BCUT2D eigenvalue weighted by molar-refractivity contribution is 5.81. The van der Waals surface area contributed by atoms with E-state index in [1.165, 1.54) is 0 Å². The van der Waals surface area contributed by atoms with Gasteiger partial charge in [-0.2, -0.15) is 0 Å². The molecule has 4 nitrogen and oxygen atoms in total. The summed E-state index contributed by atoms with van der Waals surface area (Å²) < 4.78 is 0. The highest BCUT2D eigenvalue weighted by Gasteiger charge is 2.28. The second-order valence-corrected chi connectivity index (χ2v) is 5.43. The van der Waals surface area contributed by atoms with Crippen LogP contribution in [-0.2, 0) is 9.59 Å². The van der Waals surface area contributed by atoms with Gasteiger partial charge < -0.3 is 10.4 Å². The van der Waals surface area contributed by atoms with Crippen LogP contribution < -0.4 is 5.32 Å². The highest BCUT2D eigenvalue weighted by Crippen LogP contribution is 2.21. The molecule has 0 rings (SSSR count). The van der Waals surface area contributed by atoms with Crippen molar-refractivity contribution in [2.45, 2.75) is 47.5 Å². The van der Waals surface area contributed by atoms with Crippen LogP contribution in [0.2, 0.25) is 0 Å². The zero-order chi connectivity index (χ0) is 13.0. The van der Waals surface area contributed by atoms with E-state index >= 15 is 0 Å². The molecule has 0 fully saturated rings. The summed E-state index contributed by atoms with van der Waals surface area (Å²) in [5.41, 5.74) is -1.17. The second kappa shape index (κ2) is 5.32. The van der Waals surface area contributed by atoms with Crippen molar-refractivity contribution in [3.63, 3.8) is 0 Å². The number of amides is 1. The molecule has 0 radical (unpaired) electrons. The van der Waals surface area contributed by atoms with Gasteiger partial charge in [0.2, 0.25) is 5.91 Å². The number of aliphatic carboxylic acids is 1. The van der Waals surface area contributed by atoms with Crippen LogP contribution in [0, 0.1) is 10.8 Å². The van der Waals surface area contributed by atoms with Gasteiger partial charge in [-0.05, 0) is 26.7 Å². The monoisotopic (exact) mass is 229 g/mol. The van der Waals surface area contributed by atoms with E-state index in [0.717, 1.165) is 6.42 Å². The number of carbonyl (C=O) groups is 2. The Hall–Kier alpha value is -1.06. The van der Waals surface area contributed by atoms with Gasteiger partial charge in [0.15, 0.2) is 0 Å². The number of rotatable bonds is 6. The largest absolute Gasteiger partial charge is 0.481 e. The lowest BCUT2D eigenvalue weighted by atomic mass is 9.87. The minimum absolute atomic E-state index is 0.0174. The van der Waals surface area contributed by atoms with Gasteiger partial charge in [-0.3, -0.25) is 9.59 Å². The molecular weight excluding hydrogens is 206 g/mol. The molecule has 1 amide bonds. The van der Waals surface area contributed by atoms with Crippen molar-refractivity contribution in [2.75, 3.05) is 6.54 Å². The van der Waals surface area contributed by atoms with E-state index in [-0.39, 0.29) is 11.3 Å². The van der Waals surface area contributed by atoms with Crippen LogP contribution in [0.3, 0.4) is 0 Å². The predicted molar refractivity (Wildman–Crippen MR) is 63.1 cm³/mol. The molecule has 0 aromatic carbocycles. The molecule has 0 aliphatic rings. The molecule has 0 aromatic rings. The van der Waals surface area contributed by atoms with Crippen molar-refractivity contribution in [2.24, 2.45) is 10.8 Å².